The van der Waals surface area contributed by atoms with E-state index in [1.54, 1.807) is 28.9 Å². The summed E-state index contributed by atoms with van der Waals surface area (Å²) >= 11 is 5.92. The van der Waals surface area contributed by atoms with E-state index in [1.165, 1.54) is 25.7 Å². The molecule has 3 rings (SSSR count). The number of carbonyl (C=O) groups is 1. The van der Waals surface area contributed by atoms with E-state index in [4.69, 9.17) is 11.6 Å². The van der Waals surface area contributed by atoms with Gasteiger partial charge in [-0.3, -0.25) is 9.48 Å². The second-order valence-electron chi connectivity index (χ2n) is 5.52. The van der Waals surface area contributed by atoms with Crippen LogP contribution in [0, 0.1) is 0 Å². The monoisotopic (exact) mass is 303 g/mol. The summed E-state index contributed by atoms with van der Waals surface area (Å²) in [6, 6.07) is 8.91. The standard InChI is InChI=1S/C16H18ClN3O/c1-20-15(10-14(19-20)11-5-2-3-6-11)18-16(21)12-7-4-8-13(17)9-12/h4,7-11H,2-3,5-6H2,1H3,(H,18,21). The molecule has 1 saturated carbocycles. The lowest BCUT2D eigenvalue weighted by Crippen LogP contribution is -2.14. The number of nitrogens with zero attached hydrogens (tertiary/aromatic N) is 2. The van der Waals surface area contributed by atoms with E-state index in [9.17, 15) is 4.79 Å². The molecule has 4 nitrogen and oxygen atoms in total. The topological polar surface area (TPSA) is 46.9 Å². The maximum absolute atomic E-state index is 12.2. The van der Waals surface area contributed by atoms with Crippen molar-refractivity contribution in [3.63, 3.8) is 0 Å². The third-order valence-corrected chi connectivity index (χ3v) is 4.24. The van der Waals surface area contributed by atoms with E-state index < -0.39 is 0 Å². The van der Waals surface area contributed by atoms with Crippen molar-refractivity contribution in [2.24, 2.45) is 7.05 Å². The molecular weight excluding hydrogens is 286 g/mol. The van der Waals surface area contributed by atoms with Crippen molar-refractivity contribution in [1.82, 2.24) is 9.78 Å². The molecule has 2 aromatic rings. The van der Waals surface area contributed by atoms with Crippen LogP contribution in [0.4, 0.5) is 5.82 Å². The van der Waals surface area contributed by atoms with Crippen molar-refractivity contribution < 1.29 is 4.79 Å². The molecule has 0 radical (unpaired) electrons. The molecule has 0 bridgehead atoms. The summed E-state index contributed by atoms with van der Waals surface area (Å²) in [5.41, 5.74) is 1.63. The fourth-order valence-corrected chi connectivity index (χ4v) is 3.04. The van der Waals surface area contributed by atoms with E-state index >= 15 is 0 Å². The van der Waals surface area contributed by atoms with Gasteiger partial charge in [-0.1, -0.05) is 30.5 Å². The highest BCUT2D eigenvalue weighted by atomic mass is 35.5. The molecule has 0 unspecified atom stereocenters. The van der Waals surface area contributed by atoms with Gasteiger partial charge in [0.1, 0.15) is 5.82 Å². The fraction of sp³-hybridized carbons (Fsp3) is 0.375. The average molecular weight is 304 g/mol. The van der Waals surface area contributed by atoms with Crippen LogP contribution >= 0.6 is 11.6 Å². The van der Waals surface area contributed by atoms with E-state index in [0.29, 0.717) is 16.5 Å². The number of carbonyl (C=O) groups excluding carboxylic acids is 1. The van der Waals surface area contributed by atoms with Crippen LogP contribution in [0.3, 0.4) is 0 Å². The van der Waals surface area contributed by atoms with Crippen molar-refractivity contribution >= 4 is 23.3 Å². The number of amides is 1. The number of nitrogens with one attached hydrogen (secondary N) is 1. The Balaban J connectivity index is 1.76. The number of anilines is 1. The van der Waals surface area contributed by atoms with Crippen LogP contribution in [-0.2, 0) is 7.05 Å². The Hall–Kier alpha value is -1.81. The Labute approximate surface area is 129 Å². The second kappa shape index (κ2) is 5.90. The predicted molar refractivity (Wildman–Crippen MR) is 83.8 cm³/mol. The first-order valence-corrected chi connectivity index (χ1v) is 7.62. The van der Waals surface area contributed by atoms with Gasteiger partial charge < -0.3 is 5.32 Å². The van der Waals surface area contributed by atoms with Gasteiger partial charge in [0, 0.05) is 29.6 Å². The van der Waals surface area contributed by atoms with Crippen LogP contribution in [0.25, 0.3) is 0 Å². The minimum absolute atomic E-state index is 0.168. The molecule has 1 aliphatic carbocycles. The van der Waals surface area contributed by atoms with E-state index in [2.05, 4.69) is 10.4 Å². The summed E-state index contributed by atoms with van der Waals surface area (Å²) in [7, 11) is 1.85. The van der Waals surface area contributed by atoms with Crippen molar-refractivity contribution in [2.75, 3.05) is 5.32 Å². The van der Waals surface area contributed by atoms with Gasteiger partial charge in [0.15, 0.2) is 0 Å². The van der Waals surface area contributed by atoms with Gasteiger partial charge in [0.25, 0.3) is 5.91 Å². The molecule has 1 N–H and O–H groups in total. The summed E-state index contributed by atoms with van der Waals surface area (Å²) < 4.78 is 1.73. The summed E-state index contributed by atoms with van der Waals surface area (Å²) in [4.78, 5) is 12.2. The summed E-state index contributed by atoms with van der Waals surface area (Å²) in [6.45, 7) is 0. The maximum Gasteiger partial charge on any atom is 0.256 e. The molecule has 21 heavy (non-hydrogen) atoms. The fourth-order valence-electron chi connectivity index (χ4n) is 2.85. The molecule has 1 amide bonds. The molecule has 1 aromatic carbocycles. The second-order valence-corrected chi connectivity index (χ2v) is 5.96. The molecule has 5 heteroatoms. The van der Waals surface area contributed by atoms with Crippen molar-refractivity contribution in [2.45, 2.75) is 31.6 Å². The number of benzene rings is 1. The lowest BCUT2D eigenvalue weighted by atomic mass is 10.0. The van der Waals surface area contributed by atoms with Crippen molar-refractivity contribution in [1.29, 1.82) is 0 Å². The normalized spacial score (nSPS) is 15.3. The molecular formula is C16H18ClN3O. The summed E-state index contributed by atoms with van der Waals surface area (Å²) in [6.07, 6.45) is 4.92. The number of hydrogen-bond acceptors (Lipinski definition) is 2. The minimum atomic E-state index is -0.168. The van der Waals surface area contributed by atoms with Gasteiger partial charge in [0.2, 0.25) is 0 Å². The Bertz CT molecular complexity index is 659. The molecule has 1 fully saturated rings. The van der Waals surface area contributed by atoms with Gasteiger partial charge in [-0.25, -0.2) is 0 Å². The predicted octanol–water partition coefficient (Wildman–Crippen LogP) is 3.98. The van der Waals surface area contributed by atoms with E-state index in [-0.39, 0.29) is 5.91 Å². The van der Waals surface area contributed by atoms with Gasteiger partial charge in [-0.05, 0) is 31.0 Å². The third-order valence-electron chi connectivity index (χ3n) is 4.00. The Morgan fingerprint density at radius 1 is 1.33 bits per heavy atom. The summed E-state index contributed by atoms with van der Waals surface area (Å²) in [5, 5.41) is 7.99. The van der Waals surface area contributed by atoms with Crippen LogP contribution in [0.2, 0.25) is 5.02 Å². The first kappa shape index (κ1) is 14.1. The highest BCUT2D eigenvalue weighted by Gasteiger charge is 2.21. The van der Waals surface area contributed by atoms with E-state index in [0.717, 1.165) is 11.5 Å². The SMILES string of the molecule is Cn1nc(C2CCCC2)cc1NC(=O)c1cccc(Cl)c1. The Morgan fingerprint density at radius 3 is 2.81 bits per heavy atom. The number of hydrogen-bond donors (Lipinski definition) is 1. The van der Waals surface area contributed by atoms with Crippen LogP contribution in [0.15, 0.2) is 30.3 Å². The van der Waals surface area contributed by atoms with Gasteiger partial charge in [-0.15, -0.1) is 0 Å². The van der Waals surface area contributed by atoms with E-state index in [1.807, 2.05) is 13.1 Å². The summed E-state index contributed by atoms with van der Waals surface area (Å²) in [5.74, 6) is 1.09. The highest BCUT2D eigenvalue weighted by molar-refractivity contribution is 6.31. The number of rotatable bonds is 3. The number of halogens is 1. The lowest BCUT2D eigenvalue weighted by molar-refractivity contribution is 0.102. The van der Waals surface area contributed by atoms with Crippen LogP contribution in [0.1, 0.15) is 47.7 Å². The average Bonchev–Trinajstić information content (AvgIpc) is 3.09. The zero-order valence-corrected chi connectivity index (χ0v) is 12.7. The maximum atomic E-state index is 12.2. The molecule has 0 saturated heterocycles. The molecule has 1 aromatic heterocycles. The van der Waals surface area contributed by atoms with Gasteiger partial charge in [-0.2, -0.15) is 5.10 Å². The molecule has 0 atom stereocenters. The Morgan fingerprint density at radius 2 is 2.10 bits per heavy atom. The molecule has 0 aliphatic heterocycles. The number of aryl methyl sites for hydroxylation is 1. The zero-order chi connectivity index (χ0) is 14.8. The quantitative estimate of drug-likeness (QED) is 0.932. The largest absolute Gasteiger partial charge is 0.307 e. The minimum Gasteiger partial charge on any atom is -0.307 e. The van der Waals surface area contributed by atoms with Gasteiger partial charge >= 0.3 is 0 Å². The first-order valence-electron chi connectivity index (χ1n) is 7.24. The number of aromatic nitrogens is 2. The Kier molecular flexibility index (Phi) is 3.97. The van der Waals surface area contributed by atoms with Crippen LogP contribution in [-0.4, -0.2) is 15.7 Å². The molecule has 0 spiro atoms. The highest BCUT2D eigenvalue weighted by Crippen LogP contribution is 2.34. The zero-order valence-electron chi connectivity index (χ0n) is 12.0. The van der Waals surface area contributed by atoms with Crippen LogP contribution < -0.4 is 5.32 Å². The van der Waals surface area contributed by atoms with Crippen LogP contribution in [0.5, 0.6) is 0 Å². The smallest absolute Gasteiger partial charge is 0.256 e. The molecule has 1 aliphatic rings. The van der Waals surface area contributed by atoms with Crippen molar-refractivity contribution in [3.05, 3.63) is 46.6 Å². The lowest BCUT2D eigenvalue weighted by Gasteiger charge is -2.05. The third kappa shape index (κ3) is 3.10. The molecule has 110 valence electrons. The van der Waals surface area contributed by atoms with Crippen molar-refractivity contribution in [3.8, 4) is 0 Å². The first-order chi connectivity index (χ1) is 10.1. The van der Waals surface area contributed by atoms with Gasteiger partial charge in [0.05, 0.1) is 5.69 Å². The molecule has 1 heterocycles.